The molecule has 29 heavy (non-hydrogen) atoms. The minimum atomic E-state index is -6.10. The molecule has 0 spiro atoms. The summed E-state index contributed by atoms with van der Waals surface area (Å²) in [5.74, 6) is -8.40. The first-order valence-corrected chi connectivity index (χ1v) is 11.0. The van der Waals surface area contributed by atoms with Crippen LogP contribution < -0.4 is 0 Å². The predicted molar refractivity (Wildman–Crippen MR) is 74.0 cm³/mol. The number of hydrogen-bond acceptors (Lipinski definition) is 11. The molecule has 0 bridgehead atoms. The van der Waals surface area contributed by atoms with E-state index in [9.17, 15) is 39.2 Å². The van der Waals surface area contributed by atoms with E-state index in [1.54, 1.807) is 0 Å². The molecule has 0 aromatic rings. The molecule has 0 unspecified atom stereocenters. The Morgan fingerprint density at radius 3 is 1.52 bits per heavy atom. The molecule has 0 heterocycles. The van der Waals surface area contributed by atoms with E-state index in [4.69, 9.17) is 28.7 Å². The Bertz CT molecular complexity index is 848. The third-order valence-corrected chi connectivity index (χ3v) is 4.97. The van der Waals surface area contributed by atoms with Gasteiger partial charge in [-0.1, -0.05) is 0 Å². The van der Waals surface area contributed by atoms with E-state index in [0.717, 1.165) is 0 Å². The summed E-state index contributed by atoms with van der Waals surface area (Å²) in [6, 6.07) is 0. The van der Waals surface area contributed by atoms with Gasteiger partial charge in [0.2, 0.25) is 5.60 Å². The fourth-order valence-electron chi connectivity index (χ4n) is 1.29. The molecule has 0 saturated carbocycles. The summed E-state index contributed by atoms with van der Waals surface area (Å²) in [6.45, 7) is 0. The number of carboxylic acid groups (broad SMARTS) is 4. The van der Waals surface area contributed by atoms with Crippen molar-refractivity contribution in [3.63, 3.8) is 0 Å². The third-order valence-electron chi connectivity index (χ3n) is 2.09. The average Bonchev–Trinajstić information content (AvgIpc) is 2.39. The number of aliphatic carboxylic acids is 4. The van der Waals surface area contributed by atoms with Crippen molar-refractivity contribution < 1.29 is 92.2 Å². The molecule has 0 aliphatic heterocycles. The second-order valence-electron chi connectivity index (χ2n) is 4.46. The van der Waals surface area contributed by atoms with Crippen LogP contribution in [0.25, 0.3) is 0 Å². The molecule has 17 nitrogen and oxygen atoms in total. The van der Waals surface area contributed by atoms with Crippen LogP contribution in [0.5, 0.6) is 0 Å². The van der Waals surface area contributed by atoms with E-state index in [2.05, 4.69) is 7.57 Å². The first-order chi connectivity index (χ1) is 12.8. The van der Waals surface area contributed by atoms with Crippen molar-refractivity contribution in [2.24, 2.45) is 0 Å². The van der Waals surface area contributed by atoms with Crippen molar-refractivity contribution in [2.45, 2.75) is 18.4 Å². The second kappa shape index (κ2) is 11.3. The Morgan fingerprint density at radius 1 is 0.897 bits per heavy atom. The molecule has 0 atom stereocenters. The summed E-state index contributed by atoms with van der Waals surface area (Å²) in [7, 11) is -5.07. The fourth-order valence-corrected chi connectivity index (χ4v) is 3.11. The van der Waals surface area contributed by atoms with Crippen molar-refractivity contribution in [1.82, 2.24) is 0 Å². The predicted octanol–water partition coefficient (Wildman–Crippen LogP) is -2.58. The van der Waals surface area contributed by atoms with Crippen LogP contribution in [0, 0.1) is 0 Å². The maximum absolute atomic E-state index is 11.2. The minimum absolute atomic E-state index is 0.330. The molecule has 0 aliphatic rings. The summed E-state index contributed by atoms with van der Waals surface area (Å²) in [5, 5.41) is 34.3. The first kappa shape index (κ1) is 28.4. The molecular weight excluding hydrogens is 520 g/mol. The third kappa shape index (κ3) is 15.9. The zero-order valence-electron chi connectivity index (χ0n) is 13.6. The molecule has 0 fully saturated rings. The summed E-state index contributed by atoms with van der Waals surface area (Å²) in [5.41, 5.74) is -2.82. The van der Waals surface area contributed by atoms with Gasteiger partial charge in [-0.2, -0.15) is 0 Å². The van der Waals surface area contributed by atoms with Crippen LogP contribution in [0.2, 0.25) is 0 Å². The summed E-state index contributed by atoms with van der Waals surface area (Å²) >= 11 is -6.10. The van der Waals surface area contributed by atoms with Crippen LogP contribution in [-0.2, 0) is 65.5 Å². The van der Waals surface area contributed by atoms with E-state index >= 15 is 0 Å². The number of carbonyl (C=O) groups excluding carboxylic acids is 1. The number of ether oxygens (including phenoxy) is 1. The van der Waals surface area contributed by atoms with Crippen molar-refractivity contribution in [2.75, 3.05) is 0 Å². The van der Waals surface area contributed by atoms with Crippen LogP contribution in [0.1, 0.15) is 12.8 Å². The van der Waals surface area contributed by atoms with Crippen LogP contribution >= 0.6 is 0 Å². The van der Waals surface area contributed by atoms with Crippen LogP contribution in [0.3, 0.4) is 0 Å². The van der Waals surface area contributed by atoms with Crippen LogP contribution in [0.4, 0.5) is 0 Å². The quantitative estimate of drug-likeness (QED) is 0.0728. The van der Waals surface area contributed by atoms with Gasteiger partial charge in [0.15, 0.2) is 0 Å². The fraction of sp³-hybridized carbons (Fsp3) is 0.300. The van der Waals surface area contributed by atoms with E-state index in [0.29, 0.717) is 12.2 Å². The zero-order chi connectivity index (χ0) is 23.6. The van der Waals surface area contributed by atoms with E-state index in [1.807, 2.05) is 0 Å². The Balaban J connectivity index is 0. The standard InChI is InChI=1S/C10H10O10.Mo.H2O4S.H2O.2O/c11-5(12)1-2-8(17)20-10(9(18)19,3-6(13)14)4-7(15)16;;1-5(2,3)4;;;/h1-2H,3-4H2,(H,11,12)(H,13,14)(H,15,16)(H,18,19);;(H2,1,2,3,4);1H2;;/q;+2;;;;/p-2/b2-1-;;;;;. The molecule has 166 valence electrons. The van der Waals surface area contributed by atoms with Gasteiger partial charge in [-0.15, -0.1) is 0 Å². The van der Waals surface area contributed by atoms with Gasteiger partial charge < -0.3 is 25.2 Å². The van der Waals surface area contributed by atoms with Crippen molar-refractivity contribution in [3.8, 4) is 0 Å². The topological polar surface area (TPSA) is 293 Å². The molecule has 0 rings (SSSR count). The van der Waals surface area contributed by atoms with E-state index in [1.165, 1.54) is 0 Å². The molecule has 6 N–H and O–H groups in total. The second-order valence-corrected chi connectivity index (χ2v) is 8.55. The maximum atomic E-state index is 11.2. The van der Waals surface area contributed by atoms with Gasteiger partial charge >= 0.3 is 83.4 Å². The van der Waals surface area contributed by atoms with Gasteiger partial charge in [-0.25, -0.2) is 14.4 Å². The number of rotatable bonds is 10. The van der Waals surface area contributed by atoms with Gasteiger partial charge in [0, 0.05) is 12.2 Å². The van der Waals surface area contributed by atoms with Crippen molar-refractivity contribution >= 4 is 40.2 Å². The molecule has 0 radical (unpaired) electrons. The monoisotopic (exact) mass is 534 g/mol. The Kier molecular flexibility index (Phi) is 11.0. The SMILES string of the molecule is O=C(O)/C=C\C(=O)OC(CC(=O)O)(CC(=O)O)C(=O)O.O=S(=O)(O)[O][Mo](=[O])(=[O])[OH]. The van der Waals surface area contributed by atoms with Gasteiger partial charge in [-0.05, 0) is 0 Å². The number of carboxylic acids is 4. The normalized spacial score (nSPS) is 11.8. The van der Waals surface area contributed by atoms with Gasteiger partial charge in [0.05, 0.1) is 12.8 Å². The van der Waals surface area contributed by atoms with Gasteiger partial charge in [0.25, 0.3) is 0 Å². The summed E-state index contributed by atoms with van der Waals surface area (Å²) < 4.78 is 60.4. The van der Waals surface area contributed by atoms with E-state index < -0.39 is 75.4 Å². The molecule has 0 amide bonds. The molecule has 0 aromatic carbocycles. The summed E-state index contributed by atoms with van der Waals surface area (Å²) in [6.07, 6.45) is -1.91. The zero-order valence-corrected chi connectivity index (χ0v) is 16.4. The van der Waals surface area contributed by atoms with Crippen LogP contribution in [0.15, 0.2) is 12.2 Å². The molecule has 0 aliphatic carbocycles. The molecular formula is C10H12MoO17S. The van der Waals surface area contributed by atoms with E-state index in [-0.39, 0.29) is 0 Å². The Labute approximate surface area is 163 Å². The van der Waals surface area contributed by atoms with Crippen molar-refractivity contribution in [1.29, 1.82) is 0 Å². The van der Waals surface area contributed by atoms with Gasteiger partial charge in [0.1, 0.15) is 0 Å². The number of esters is 1. The Hall–Kier alpha value is -2.79. The molecule has 0 saturated heterocycles. The first-order valence-electron chi connectivity index (χ1n) is 6.26. The Morgan fingerprint density at radius 2 is 1.31 bits per heavy atom. The van der Waals surface area contributed by atoms with Crippen molar-refractivity contribution in [3.05, 3.63) is 12.2 Å². The van der Waals surface area contributed by atoms with Crippen LogP contribution in [-0.4, -0.2) is 72.6 Å². The average molecular weight is 532 g/mol. The number of hydrogen-bond donors (Lipinski definition) is 6. The molecule has 19 heteroatoms. The van der Waals surface area contributed by atoms with Gasteiger partial charge in [-0.3, -0.25) is 9.59 Å². The molecule has 0 aromatic heterocycles. The number of carbonyl (C=O) groups is 5. The summed E-state index contributed by atoms with van der Waals surface area (Å²) in [4.78, 5) is 53.6.